The monoisotopic (exact) mass is 312 g/mol. The van der Waals surface area contributed by atoms with Gasteiger partial charge in [0.15, 0.2) is 5.69 Å². The molecule has 4 rings (SSSR count). The third-order valence-electron chi connectivity index (χ3n) is 5.13. The Kier molecular flexibility index (Phi) is 3.81. The number of fused-ring (bicyclic) bond motifs is 2. The van der Waals surface area contributed by atoms with E-state index in [-0.39, 0.29) is 11.7 Å². The first-order chi connectivity index (χ1) is 11.3. The van der Waals surface area contributed by atoms with Crippen LogP contribution >= 0.6 is 0 Å². The van der Waals surface area contributed by atoms with Crippen molar-refractivity contribution < 1.29 is 9.53 Å². The van der Waals surface area contributed by atoms with Crippen molar-refractivity contribution in [1.29, 1.82) is 0 Å². The van der Waals surface area contributed by atoms with Crippen LogP contribution in [0.2, 0.25) is 0 Å². The van der Waals surface area contributed by atoms with Crippen LogP contribution in [-0.2, 0) is 11.3 Å². The maximum Gasteiger partial charge on any atom is 0.360 e. The van der Waals surface area contributed by atoms with Gasteiger partial charge >= 0.3 is 5.97 Å². The molecule has 2 aromatic rings. The first kappa shape index (κ1) is 14.4. The van der Waals surface area contributed by atoms with Crippen molar-refractivity contribution >= 4 is 5.97 Å². The highest BCUT2D eigenvalue weighted by Crippen LogP contribution is 2.48. The summed E-state index contributed by atoms with van der Waals surface area (Å²) >= 11 is 0. The minimum absolute atomic E-state index is 0.275. The summed E-state index contributed by atoms with van der Waals surface area (Å²) < 4.78 is 7.09. The van der Waals surface area contributed by atoms with Gasteiger partial charge in [0.2, 0.25) is 0 Å². The lowest BCUT2D eigenvalue weighted by Gasteiger charge is -2.20. The van der Waals surface area contributed by atoms with Crippen molar-refractivity contribution in [3.05, 3.63) is 42.0 Å². The minimum atomic E-state index is -0.370. The number of pyridine rings is 1. The molecule has 120 valence electrons. The van der Waals surface area contributed by atoms with E-state index in [1.165, 1.54) is 25.7 Å². The second kappa shape index (κ2) is 6.10. The number of ether oxygens (including phenoxy) is 1. The van der Waals surface area contributed by atoms with Gasteiger partial charge in [0.25, 0.3) is 0 Å². The maximum atomic E-state index is 12.1. The molecule has 2 bridgehead atoms. The van der Waals surface area contributed by atoms with E-state index in [0.717, 1.165) is 17.4 Å². The van der Waals surface area contributed by atoms with Crippen LogP contribution < -0.4 is 0 Å². The number of esters is 1. The normalized spacial score (nSPS) is 25.7. The van der Waals surface area contributed by atoms with E-state index in [1.807, 2.05) is 12.1 Å². The lowest BCUT2D eigenvalue weighted by Crippen LogP contribution is -2.19. The summed E-state index contributed by atoms with van der Waals surface area (Å²) in [4.78, 5) is 16.2. The lowest BCUT2D eigenvalue weighted by molar-refractivity contribution is 0.0387. The van der Waals surface area contributed by atoms with Crippen molar-refractivity contribution in [2.24, 2.45) is 17.8 Å². The summed E-state index contributed by atoms with van der Waals surface area (Å²) in [5, 5.41) is 7.91. The smallest absolute Gasteiger partial charge is 0.360 e. The van der Waals surface area contributed by atoms with E-state index in [0.29, 0.717) is 19.1 Å². The molecule has 3 atom stereocenters. The van der Waals surface area contributed by atoms with Gasteiger partial charge in [-0.15, -0.1) is 5.10 Å². The molecule has 0 saturated heterocycles. The molecule has 2 saturated carbocycles. The lowest BCUT2D eigenvalue weighted by atomic mass is 9.90. The fourth-order valence-corrected chi connectivity index (χ4v) is 3.99. The van der Waals surface area contributed by atoms with Gasteiger partial charge in [-0.1, -0.05) is 17.7 Å². The number of carbonyl (C=O) groups is 1. The number of hydrogen-bond acceptors (Lipinski definition) is 5. The van der Waals surface area contributed by atoms with Crippen molar-refractivity contribution in [2.45, 2.75) is 32.2 Å². The van der Waals surface area contributed by atoms with Gasteiger partial charge < -0.3 is 4.74 Å². The van der Waals surface area contributed by atoms with Crippen molar-refractivity contribution in [1.82, 2.24) is 20.0 Å². The number of aromatic nitrogens is 4. The number of nitrogens with zero attached hydrogens (tertiary/aromatic N) is 4. The Morgan fingerprint density at radius 2 is 2.30 bits per heavy atom. The molecule has 2 heterocycles. The van der Waals surface area contributed by atoms with E-state index >= 15 is 0 Å². The standard InChI is InChI=1S/C17H20N4O2/c22-17(23-11-15-7-12-3-4-14(15)6-12)16-10-21(20-19-16)9-13-2-1-5-18-8-13/h1-2,5,8,10,12,14-15H,3-4,6-7,9,11H2/t12-,14-,15+/m0/s1. The Morgan fingerprint density at radius 3 is 3.04 bits per heavy atom. The summed E-state index contributed by atoms with van der Waals surface area (Å²) in [5.41, 5.74) is 1.29. The molecule has 6 heteroatoms. The number of carbonyl (C=O) groups excluding carboxylic acids is 1. The molecule has 2 aliphatic rings. The van der Waals surface area contributed by atoms with Gasteiger partial charge in [-0.25, -0.2) is 9.48 Å². The van der Waals surface area contributed by atoms with Gasteiger partial charge in [-0.3, -0.25) is 4.98 Å². The largest absolute Gasteiger partial charge is 0.461 e. The Morgan fingerprint density at radius 1 is 1.35 bits per heavy atom. The Labute approximate surface area is 134 Å². The topological polar surface area (TPSA) is 69.9 Å². The predicted molar refractivity (Wildman–Crippen MR) is 82.6 cm³/mol. The van der Waals surface area contributed by atoms with Gasteiger partial charge in [-0.05, 0) is 48.6 Å². The summed E-state index contributed by atoms with van der Waals surface area (Å²) in [6.45, 7) is 1.07. The molecule has 0 radical (unpaired) electrons. The van der Waals surface area contributed by atoms with Crippen LogP contribution in [0.15, 0.2) is 30.7 Å². The molecule has 2 aliphatic carbocycles. The van der Waals surface area contributed by atoms with E-state index in [4.69, 9.17) is 4.74 Å². The van der Waals surface area contributed by atoms with Crippen LogP contribution in [0, 0.1) is 17.8 Å². The van der Waals surface area contributed by atoms with Crippen molar-refractivity contribution in [2.75, 3.05) is 6.61 Å². The van der Waals surface area contributed by atoms with Gasteiger partial charge in [0, 0.05) is 12.4 Å². The molecule has 23 heavy (non-hydrogen) atoms. The molecule has 0 aromatic carbocycles. The van der Waals surface area contributed by atoms with E-state index < -0.39 is 0 Å². The van der Waals surface area contributed by atoms with Crippen LogP contribution in [0.3, 0.4) is 0 Å². The van der Waals surface area contributed by atoms with Gasteiger partial charge in [-0.2, -0.15) is 0 Å². The van der Waals surface area contributed by atoms with Crippen LogP contribution in [0.4, 0.5) is 0 Å². The quantitative estimate of drug-likeness (QED) is 0.792. The molecule has 0 N–H and O–H groups in total. The molecule has 0 aliphatic heterocycles. The molecular formula is C17H20N4O2. The Hall–Kier alpha value is -2.24. The van der Waals surface area contributed by atoms with Crippen molar-refractivity contribution in [3.63, 3.8) is 0 Å². The zero-order valence-corrected chi connectivity index (χ0v) is 13.0. The summed E-state index contributed by atoms with van der Waals surface area (Å²) in [5.74, 6) is 1.80. The molecule has 2 fully saturated rings. The number of hydrogen-bond donors (Lipinski definition) is 0. The van der Waals surface area contributed by atoms with E-state index in [9.17, 15) is 4.79 Å². The second-order valence-electron chi connectivity index (χ2n) is 6.70. The summed E-state index contributed by atoms with van der Waals surface area (Å²) in [7, 11) is 0. The average Bonchev–Trinajstić information content (AvgIpc) is 3.30. The first-order valence-corrected chi connectivity index (χ1v) is 8.24. The zero-order valence-electron chi connectivity index (χ0n) is 13.0. The van der Waals surface area contributed by atoms with E-state index in [1.54, 1.807) is 23.3 Å². The molecule has 6 nitrogen and oxygen atoms in total. The third kappa shape index (κ3) is 3.11. The minimum Gasteiger partial charge on any atom is -0.461 e. The maximum absolute atomic E-state index is 12.1. The van der Waals surface area contributed by atoms with Gasteiger partial charge in [0.1, 0.15) is 0 Å². The first-order valence-electron chi connectivity index (χ1n) is 8.24. The molecule has 0 amide bonds. The highest BCUT2D eigenvalue weighted by Gasteiger charge is 2.40. The van der Waals surface area contributed by atoms with Crippen LogP contribution in [0.1, 0.15) is 41.7 Å². The summed E-state index contributed by atoms with van der Waals surface area (Å²) in [6.07, 6.45) is 10.3. The zero-order chi connectivity index (χ0) is 15.6. The van der Waals surface area contributed by atoms with Crippen LogP contribution in [0.5, 0.6) is 0 Å². The SMILES string of the molecule is O=C(OC[C@H]1C[C@H]2CC[C@H]1C2)c1cn(Cc2cccnc2)nn1. The molecular weight excluding hydrogens is 292 g/mol. The molecule has 0 spiro atoms. The van der Waals surface area contributed by atoms with Crippen molar-refractivity contribution in [3.8, 4) is 0 Å². The molecule has 0 unspecified atom stereocenters. The highest BCUT2D eigenvalue weighted by atomic mass is 16.5. The molecule has 2 aromatic heterocycles. The fourth-order valence-electron chi connectivity index (χ4n) is 3.99. The Balaban J connectivity index is 1.32. The second-order valence-corrected chi connectivity index (χ2v) is 6.70. The fraction of sp³-hybridized carbons (Fsp3) is 0.529. The van der Waals surface area contributed by atoms with Crippen LogP contribution in [0.25, 0.3) is 0 Å². The van der Waals surface area contributed by atoms with E-state index in [2.05, 4.69) is 15.3 Å². The Bertz CT molecular complexity index is 685. The third-order valence-corrected chi connectivity index (χ3v) is 5.13. The predicted octanol–water partition coefficient (Wildman–Crippen LogP) is 2.31. The van der Waals surface area contributed by atoms with Gasteiger partial charge in [0.05, 0.1) is 19.3 Å². The highest BCUT2D eigenvalue weighted by molar-refractivity contribution is 5.86. The van der Waals surface area contributed by atoms with Crippen LogP contribution in [-0.4, -0.2) is 32.6 Å². The number of rotatable bonds is 5. The summed E-state index contributed by atoms with van der Waals surface area (Å²) in [6, 6.07) is 3.83. The average molecular weight is 312 g/mol.